The second-order valence-electron chi connectivity index (χ2n) is 4.08. The highest BCUT2D eigenvalue weighted by atomic mass is 16.3. The first kappa shape index (κ1) is 11.9. The first-order valence-corrected chi connectivity index (χ1v) is 5.26. The quantitative estimate of drug-likeness (QED) is 0.424. The average Bonchev–Trinajstić information content (AvgIpc) is 2.07. The minimum Gasteiger partial charge on any atom is -0.393 e. The summed E-state index contributed by atoms with van der Waals surface area (Å²) in [6.45, 7) is 2.65. The van der Waals surface area contributed by atoms with E-state index in [1.54, 1.807) is 0 Å². The van der Waals surface area contributed by atoms with Gasteiger partial charge in [-0.3, -0.25) is 0 Å². The van der Waals surface area contributed by atoms with E-state index in [1.807, 2.05) is 14.0 Å². The number of aliphatic hydroxyl groups is 1. The highest BCUT2D eigenvalue weighted by molar-refractivity contribution is 4.88. The van der Waals surface area contributed by atoms with Crippen molar-refractivity contribution in [1.29, 1.82) is 0 Å². The van der Waals surface area contributed by atoms with Crippen molar-refractivity contribution in [2.75, 3.05) is 13.6 Å². The highest BCUT2D eigenvalue weighted by Gasteiger charge is 2.30. The molecular formula is C9H22N4O. The molecule has 0 spiro atoms. The molecule has 0 amide bonds. The summed E-state index contributed by atoms with van der Waals surface area (Å²) >= 11 is 0. The number of aliphatic hydroxyl groups excluding tert-OH is 1. The summed E-state index contributed by atoms with van der Waals surface area (Å²) in [6.07, 6.45) is 2.61. The third-order valence-electron chi connectivity index (χ3n) is 2.63. The summed E-state index contributed by atoms with van der Waals surface area (Å²) in [5, 5.41) is 11.3. The standard InChI is InChI=1S/C9H22N4O/c1-7(14)3-4-13(12-11-2)9-5-8(10)6-9/h7-9,11-12,14H,3-6,10H2,1-2H3/t7-,8?,9?/m1/s1. The Balaban J connectivity index is 2.24. The van der Waals surface area contributed by atoms with Crippen molar-refractivity contribution in [3.05, 3.63) is 0 Å². The Labute approximate surface area is 85.6 Å². The molecule has 1 rings (SSSR count). The van der Waals surface area contributed by atoms with E-state index in [-0.39, 0.29) is 6.10 Å². The van der Waals surface area contributed by atoms with Crippen LogP contribution in [0.25, 0.3) is 0 Å². The maximum Gasteiger partial charge on any atom is 0.0524 e. The predicted molar refractivity (Wildman–Crippen MR) is 56.2 cm³/mol. The van der Waals surface area contributed by atoms with Crippen LogP contribution >= 0.6 is 0 Å². The van der Waals surface area contributed by atoms with Gasteiger partial charge in [-0.25, -0.2) is 10.4 Å². The number of nitrogens with one attached hydrogen (secondary N) is 2. The molecule has 1 fully saturated rings. The second-order valence-corrected chi connectivity index (χ2v) is 4.08. The van der Waals surface area contributed by atoms with Gasteiger partial charge in [0.1, 0.15) is 0 Å². The topological polar surface area (TPSA) is 73.5 Å². The van der Waals surface area contributed by atoms with Gasteiger partial charge in [0.2, 0.25) is 0 Å². The lowest BCUT2D eigenvalue weighted by Crippen LogP contribution is -2.58. The third kappa shape index (κ3) is 3.51. The van der Waals surface area contributed by atoms with Crippen molar-refractivity contribution in [2.24, 2.45) is 5.73 Å². The monoisotopic (exact) mass is 202 g/mol. The number of hydrazine groups is 2. The molecule has 0 aromatic carbocycles. The van der Waals surface area contributed by atoms with E-state index in [9.17, 15) is 5.11 Å². The van der Waals surface area contributed by atoms with E-state index in [2.05, 4.69) is 16.0 Å². The van der Waals surface area contributed by atoms with Crippen LogP contribution in [0.2, 0.25) is 0 Å². The Morgan fingerprint density at radius 2 is 2.21 bits per heavy atom. The highest BCUT2D eigenvalue weighted by Crippen LogP contribution is 2.22. The van der Waals surface area contributed by atoms with Crippen molar-refractivity contribution in [1.82, 2.24) is 16.0 Å². The first-order chi connectivity index (χ1) is 6.63. The Morgan fingerprint density at radius 1 is 1.57 bits per heavy atom. The van der Waals surface area contributed by atoms with Crippen LogP contribution in [0.3, 0.4) is 0 Å². The molecule has 0 saturated heterocycles. The molecule has 1 atom stereocenters. The van der Waals surface area contributed by atoms with Gasteiger partial charge in [0.25, 0.3) is 0 Å². The van der Waals surface area contributed by atoms with Gasteiger partial charge < -0.3 is 10.8 Å². The number of nitrogens with two attached hydrogens (primary N) is 1. The van der Waals surface area contributed by atoms with Crippen molar-refractivity contribution in [2.45, 2.75) is 44.4 Å². The number of rotatable bonds is 6. The van der Waals surface area contributed by atoms with Gasteiger partial charge in [-0.1, -0.05) is 0 Å². The van der Waals surface area contributed by atoms with Gasteiger partial charge in [-0.05, 0) is 33.2 Å². The molecule has 1 aliphatic carbocycles. The average molecular weight is 202 g/mol. The van der Waals surface area contributed by atoms with E-state index < -0.39 is 0 Å². The van der Waals surface area contributed by atoms with Crippen molar-refractivity contribution in [3.63, 3.8) is 0 Å². The van der Waals surface area contributed by atoms with Crippen molar-refractivity contribution >= 4 is 0 Å². The van der Waals surface area contributed by atoms with E-state index >= 15 is 0 Å². The summed E-state index contributed by atoms with van der Waals surface area (Å²) in [4.78, 5) is 0. The zero-order chi connectivity index (χ0) is 10.6. The molecule has 0 radical (unpaired) electrons. The van der Waals surface area contributed by atoms with Gasteiger partial charge >= 0.3 is 0 Å². The van der Waals surface area contributed by atoms with E-state index in [0.29, 0.717) is 12.1 Å². The Morgan fingerprint density at radius 3 is 2.64 bits per heavy atom. The molecule has 0 aliphatic heterocycles. The molecule has 1 saturated carbocycles. The maximum absolute atomic E-state index is 9.19. The number of hydrogen-bond donors (Lipinski definition) is 4. The van der Waals surface area contributed by atoms with Gasteiger partial charge in [0, 0.05) is 18.6 Å². The zero-order valence-corrected chi connectivity index (χ0v) is 9.03. The van der Waals surface area contributed by atoms with Crippen LogP contribution in [0.5, 0.6) is 0 Å². The van der Waals surface area contributed by atoms with Crippen LogP contribution in [0.4, 0.5) is 0 Å². The molecule has 1 aliphatic rings. The first-order valence-electron chi connectivity index (χ1n) is 5.26. The Kier molecular flexibility index (Phi) is 4.77. The molecule has 0 aromatic heterocycles. The largest absolute Gasteiger partial charge is 0.393 e. The third-order valence-corrected chi connectivity index (χ3v) is 2.63. The Hall–Kier alpha value is -0.200. The maximum atomic E-state index is 9.19. The normalized spacial score (nSPS) is 28.9. The summed E-state index contributed by atoms with van der Waals surface area (Å²) in [5.41, 5.74) is 11.7. The molecule has 5 N–H and O–H groups in total. The van der Waals surface area contributed by atoms with E-state index in [4.69, 9.17) is 5.73 Å². The van der Waals surface area contributed by atoms with E-state index in [0.717, 1.165) is 25.8 Å². The fourth-order valence-electron chi connectivity index (χ4n) is 1.68. The van der Waals surface area contributed by atoms with Crippen LogP contribution in [-0.4, -0.2) is 41.9 Å². The van der Waals surface area contributed by atoms with E-state index in [1.165, 1.54) is 0 Å². The fraction of sp³-hybridized carbons (Fsp3) is 1.00. The summed E-state index contributed by atoms with van der Waals surface area (Å²) in [7, 11) is 1.84. The lowest BCUT2D eigenvalue weighted by atomic mass is 9.87. The SMILES string of the molecule is CNNN(CC[C@@H](C)O)C1CC(N)C1. The lowest BCUT2D eigenvalue weighted by molar-refractivity contribution is 0.0300. The molecule has 0 unspecified atom stereocenters. The molecule has 14 heavy (non-hydrogen) atoms. The molecule has 0 bridgehead atoms. The van der Waals surface area contributed by atoms with Gasteiger partial charge in [-0.15, -0.1) is 0 Å². The van der Waals surface area contributed by atoms with Crippen LogP contribution in [0.15, 0.2) is 0 Å². The smallest absolute Gasteiger partial charge is 0.0524 e. The van der Waals surface area contributed by atoms with Crippen LogP contribution in [0, 0.1) is 0 Å². The van der Waals surface area contributed by atoms with Gasteiger partial charge in [0.05, 0.1) is 6.10 Å². The zero-order valence-electron chi connectivity index (χ0n) is 9.03. The van der Waals surface area contributed by atoms with Crippen LogP contribution in [0.1, 0.15) is 26.2 Å². The molecular weight excluding hydrogens is 180 g/mol. The van der Waals surface area contributed by atoms with Crippen molar-refractivity contribution in [3.8, 4) is 0 Å². The summed E-state index contributed by atoms with van der Waals surface area (Å²) in [5.74, 6) is 0. The molecule has 5 heteroatoms. The van der Waals surface area contributed by atoms with Gasteiger partial charge in [-0.2, -0.15) is 5.53 Å². The summed E-state index contributed by atoms with van der Waals surface area (Å²) in [6, 6.07) is 0.865. The predicted octanol–water partition coefficient (Wildman–Crippen LogP) is -0.812. The van der Waals surface area contributed by atoms with Crippen molar-refractivity contribution < 1.29 is 5.11 Å². The number of hydrogen-bond acceptors (Lipinski definition) is 5. The van der Waals surface area contributed by atoms with Crippen LogP contribution < -0.4 is 16.7 Å². The molecule has 5 nitrogen and oxygen atoms in total. The summed E-state index contributed by atoms with van der Waals surface area (Å²) < 4.78 is 0. The minimum atomic E-state index is -0.245. The van der Waals surface area contributed by atoms with Gasteiger partial charge in [0.15, 0.2) is 0 Å². The fourth-order valence-corrected chi connectivity index (χ4v) is 1.68. The molecule has 0 aromatic rings. The molecule has 84 valence electrons. The Bertz CT molecular complexity index is 159. The minimum absolute atomic E-state index is 0.245. The lowest BCUT2D eigenvalue weighted by Gasteiger charge is -2.41. The number of nitrogens with zero attached hydrogens (tertiary/aromatic N) is 1. The second kappa shape index (κ2) is 5.63. The van der Waals surface area contributed by atoms with Crippen LogP contribution in [-0.2, 0) is 0 Å². The molecule has 0 heterocycles.